The van der Waals surface area contributed by atoms with E-state index in [0.29, 0.717) is 31.2 Å². The van der Waals surface area contributed by atoms with Crippen LogP contribution in [0.5, 0.6) is 17.2 Å². The number of hydrogen-bond donors (Lipinski definition) is 1. The van der Waals surface area contributed by atoms with Crippen LogP contribution in [-0.4, -0.2) is 75.9 Å². The van der Waals surface area contributed by atoms with Crippen LogP contribution in [0.3, 0.4) is 0 Å². The maximum Gasteiger partial charge on any atom is 0.324 e. The lowest BCUT2D eigenvalue weighted by Crippen LogP contribution is -2.49. The molecule has 0 aromatic heterocycles. The van der Waals surface area contributed by atoms with E-state index in [4.69, 9.17) is 14.2 Å². The summed E-state index contributed by atoms with van der Waals surface area (Å²) in [7, 11) is 3.35. The highest BCUT2D eigenvalue weighted by molar-refractivity contribution is 5.93. The van der Waals surface area contributed by atoms with Crippen molar-refractivity contribution < 1.29 is 19.0 Å². The van der Waals surface area contributed by atoms with E-state index in [2.05, 4.69) is 35.3 Å². The highest BCUT2D eigenvalue weighted by Crippen LogP contribution is 2.34. The fourth-order valence-electron chi connectivity index (χ4n) is 5.00. The number of carbonyl (C=O) groups excluding carboxylic acids is 1. The Labute approximate surface area is 221 Å². The second-order valence-electron chi connectivity index (χ2n) is 9.77. The molecule has 1 N–H and O–H groups in total. The maximum atomic E-state index is 13.6. The summed E-state index contributed by atoms with van der Waals surface area (Å²) in [6, 6.07) is 12.1. The van der Waals surface area contributed by atoms with E-state index >= 15 is 0 Å². The fraction of sp³-hybridized carbons (Fsp3) is 0.552. The molecule has 0 radical (unpaired) electrons. The number of piperazine rings is 1. The Morgan fingerprint density at radius 3 is 2.43 bits per heavy atom. The summed E-state index contributed by atoms with van der Waals surface area (Å²) in [6.07, 6.45) is 4.16. The summed E-state index contributed by atoms with van der Waals surface area (Å²) in [6.45, 7) is 9.81. The van der Waals surface area contributed by atoms with Crippen molar-refractivity contribution in [1.82, 2.24) is 15.1 Å². The molecule has 0 atom stereocenters. The normalized spacial score (nSPS) is 16.7. The van der Waals surface area contributed by atoms with Gasteiger partial charge in [0, 0.05) is 63.1 Å². The minimum Gasteiger partial charge on any atom is -0.496 e. The minimum atomic E-state index is 0.000274. The Bertz CT molecular complexity index is 1020. The third-order valence-corrected chi connectivity index (χ3v) is 7.10. The van der Waals surface area contributed by atoms with Crippen molar-refractivity contribution in [2.45, 2.75) is 45.7 Å². The van der Waals surface area contributed by atoms with E-state index in [1.165, 1.54) is 5.56 Å². The molecule has 2 aromatic carbocycles. The van der Waals surface area contributed by atoms with E-state index in [0.717, 1.165) is 82.0 Å². The van der Waals surface area contributed by atoms with Gasteiger partial charge in [-0.1, -0.05) is 31.9 Å². The van der Waals surface area contributed by atoms with Crippen molar-refractivity contribution in [2.75, 3.05) is 65.0 Å². The van der Waals surface area contributed by atoms with Gasteiger partial charge in [0.25, 0.3) is 0 Å². The lowest BCUT2D eigenvalue weighted by Gasteiger charge is -2.36. The molecule has 37 heavy (non-hydrogen) atoms. The molecule has 2 heterocycles. The Kier molecular flexibility index (Phi) is 9.91. The number of nitrogens with one attached hydrogen (secondary N) is 1. The zero-order valence-electron chi connectivity index (χ0n) is 22.6. The van der Waals surface area contributed by atoms with Crippen LogP contribution in [0.25, 0.3) is 0 Å². The number of anilines is 1. The first-order chi connectivity index (χ1) is 18.1. The molecule has 8 nitrogen and oxygen atoms in total. The summed E-state index contributed by atoms with van der Waals surface area (Å²) in [5, 5.41) is 3.40. The number of methoxy groups -OCH3 is 2. The van der Waals surface area contributed by atoms with Crippen molar-refractivity contribution in [3.63, 3.8) is 0 Å². The zero-order valence-corrected chi connectivity index (χ0v) is 22.6. The van der Waals surface area contributed by atoms with Crippen LogP contribution in [-0.2, 0) is 13.1 Å². The molecule has 202 valence electrons. The van der Waals surface area contributed by atoms with Crippen LogP contribution >= 0.6 is 0 Å². The van der Waals surface area contributed by atoms with Gasteiger partial charge >= 0.3 is 6.03 Å². The number of urea groups is 1. The fourth-order valence-corrected chi connectivity index (χ4v) is 5.00. The molecule has 2 amide bonds. The molecule has 0 bridgehead atoms. The minimum absolute atomic E-state index is 0.000274. The molecule has 4 rings (SSSR count). The van der Waals surface area contributed by atoms with Gasteiger partial charge in [-0.05, 0) is 36.6 Å². The van der Waals surface area contributed by atoms with Crippen molar-refractivity contribution in [1.29, 1.82) is 0 Å². The van der Waals surface area contributed by atoms with Crippen molar-refractivity contribution in [2.24, 2.45) is 0 Å². The Hall–Kier alpha value is -2.97. The second kappa shape index (κ2) is 13.5. The summed E-state index contributed by atoms with van der Waals surface area (Å²) < 4.78 is 17.3. The summed E-state index contributed by atoms with van der Waals surface area (Å²) in [4.78, 5) is 19.7. The predicted molar refractivity (Wildman–Crippen MR) is 147 cm³/mol. The molecule has 0 unspecified atom stereocenters. The molecule has 8 heteroatoms. The van der Waals surface area contributed by atoms with Crippen LogP contribution in [0, 0.1) is 0 Å². The Morgan fingerprint density at radius 2 is 1.68 bits per heavy atom. The molecule has 0 spiro atoms. The van der Waals surface area contributed by atoms with Gasteiger partial charge in [-0.2, -0.15) is 0 Å². The van der Waals surface area contributed by atoms with E-state index in [1.54, 1.807) is 14.2 Å². The third-order valence-electron chi connectivity index (χ3n) is 7.10. The van der Waals surface area contributed by atoms with E-state index in [1.807, 2.05) is 28.0 Å². The van der Waals surface area contributed by atoms with Crippen LogP contribution in [0.2, 0.25) is 0 Å². The molecule has 2 aliphatic heterocycles. The van der Waals surface area contributed by atoms with Crippen LogP contribution in [0.4, 0.5) is 10.5 Å². The van der Waals surface area contributed by atoms with E-state index in [9.17, 15) is 4.79 Å². The van der Waals surface area contributed by atoms with Crippen LogP contribution in [0.15, 0.2) is 36.4 Å². The van der Waals surface area contributed by atoms with Gasteiger partial charge in [0.15, 0.2) is 11.5 Å². The molecule has 0 saturated carbocycles. The average molecular weight is 511 g/mol. The van der Waals surface area contributed by atoms with Gasteiger partial charge in [0.05, 0.1) is 27.4 Å². The SMILES string of the molecule is CCCCCOc1cc(N2CCCN(Cc3ccc(CN4CCNCC4)cc3OC)C2=O)ccc1OC. The quantitative estimate of drug-likeness (QED) is 0.424. The van der Waals surface area contributed by atoms with Gasteiger partial charge in [0.1, 0.15) is 5.75 Å². The first kappa shape index (κ1) is 27.1. The molecular formula is C29H42N4O4. The number of benzene rings is 2. The number of unbranched alkanes of at least 4 members (excludes halogenated alkanes) is 2. The number of hydrogen-bond acceptors (Lipinski definition) is 6. The number of ether oxygens (including phenoxy) is 3. The van der Waals surface area contributed by atoms with Crippen molar-refractivity contribution in [3.05, 3.63) is 47.5 Å². The smallest absolute Gasteiger partial charge is 0.324 e. The molecule has 2 fully saturated rings. The zero-order chi connectivity index (χ0) is 26.0. The van der Waals surface area contributed by atoms with Gasteiger partial charge in [-0.15, -0.1) is 0 Å². The van der Waals surface area contributed by atoms with Gasteiger partial charge < -0.3 is 24.4 Å². The van der Waals surface area contributed by atoms with Crippen LogP contribution < -0.4 is 24.4 Å². The van der Waals surface area contributed by atoms with Gasteiger partial charge in [0.2, 0.25) is 0 Å². The molecule has 0 aliphatic carbocycles. The van der Waals surface area contributed by atoms with E-state index < -0.39 is 0 Å². The Balaban J connectivity index is 1.44. The summed E-state index contributed by atoms with van der Waals surface area (Å²) >= 11 is 0. The standard InChI is InChI=1S/C29H42N4O4/c1-4-5-6-18-37-28-20-25(10-11-26(28)35-2)33-15-7-14-32(29(33)34)22-24-9-8-23(19-27(24)36-3)21-31-16-12-30-13-17-31/h8-11,19-20,30H,4-7,12-18,21-22H2,1-3H3. The lowest BCUT2D eigenvalue weighted by atomic mass is 10.1. The first-order valence-electron chi connectivity index (χ1n) is 13.6. The van der Waals surface area contributed by atoms with Crippen molar-refractivity contribution >= 4 is 11.7 Å². The monoisotopic (exact) mass is 510 g/mol. The highest BCUT2D eigenvalue weighted by Gasteiger charge is 2.28. The number of nitrogens with zero attached hydrogens (tertiary/aromatic N) is 3. The lowest BCUT2D eigenvalue weighted by molar-refractivity contribution is 0.191. The number of rotatable bonds is 12. The maximum absolute atomic E-state index is 13.6. The largest absolute Gasteiger partial charge is 0.496 e. The topological polar surface area (TPSA) is 66.5 Å². The molecule has 2 aliphatic rings. The van der Waals surface area contributed by atoms with Crippen LogP contribution in [0.1, 0.15) is 43.7 Å². The molecule has 2 aromatic rings. The molecular weight excluding hydrogens is 468 g/mol. The van der Waals surface area contributed by atoms with E-state index in [-0.39, 0.29) is 6.03 Å². The van der Waals surface area contributed by atoms with Crippen molar-refractivity contribution in [3.8, 4) is 17.2 Å². The second-order valence-corrected chi connectivity index (χ2v) is 9.77. The summed E-state index contributed by atoms with van der Waals surface area (Å²) in [5.74, 6) is 2.21. The Morgan fingerprint density at radius 1 is 0.865 bits per heavy atom. The third kappa shape index (κ3) is 7.08. The first-order valence-corrected chi connectivity index (χ1v) is 13.6. The number of amides is 2. The highest BCUT2D eigenvalue weighted by atomic mass is 16.5. The predicted octanol–water partition coefficient (Wildman–Crippen LogP) is 4.51. The summed E-state index contributed by atoms with van der Waals surface area (Å²) in [5.41, 5.74) is 3.09. The average Bonchev–Trinajstić information content (AvgIpc) is 2.93. The number of carbonyl (C=O) groups is 1. The van der Waals surface area contributed by atoms with Gasteiger partial charge in [-0.25, -0.2) is 4.79 Å². The van der Waals surface area contributed by atoms with Gasteiger partial charge in [-0.3, -0.25) is 9.80 Å². The molecule has 2 saturated heterocycles.